The number of allylic oxidation sites excluding steroid dienone is 1. The average Bonchev–Trinajstić information content (AvgIpc) is 3.51. The van der Waals surface area contributed by atoms with Crippen LogP contribution in [0.25, 0.3) is 0 Å². The minimum Gasteiger partial charge on any atom is -0.497 e. The molecule has 0 saturated heterocycles. The van der Waals surface area contributed by atoms with Gasteiger partial charge in [0.2, 0.25) is 11.8 Å². The average molecular weight is 370 g/mol. The Hall–Kier alpha value is -2.30. The van der Waals surface area contributed by atoms with Crippen LogP contribution in [0.2, 0.25) is 0 Å². The van der Waals surface area contributed by atoms with Gasteiger partial charge in [0.05, 0.1) is 7.11 Å². The molecule has 1 aromatic carbocycles. The van der Waals surface area contributed by atoms with Crippen molar-refractivity contribution < 1.29 is 14.3 Å². The van der Waals surface area contributed by atoms with Crippen LogP contribution in [0.5, 0.6) is 5.75 Å². The SMILES string of the molecule is COc1cccc(CCNC(=O)C2(C(=O)NCCC3=CCCCC3)CC2)c1. The fourth-order valence-corrected chi connectivity index (χ4v) is 3.64. The third-order valence-electron chi connectivity index (χ3n) is 5.57. The Labute approximate surface area is 161 Å². The minimum atomic E-state index is -0.838. The van der Waals surface area contributed by atoms with Gasteiger partial charge in [-0.15, -0.1) is 0 Å². The highest BCUT2D eigenvalue weighted by atomic mass is 16.5. The molecule has 0 unspecified atom stereocenters. The maximum Gasteiger partial charge on any atom is 0.235 e. The molecule has 2 amide bonds. The predicted octanol–water partition coefficient (Wildman–Crippen LogP) is 3.14. The molecule has 1 saturated carbocycles. The minimum absolute atomic E-state index is 0.113. The summed E-state index contributed by atoms with van der Waals surface area (Å²) < 4.78 is 5.22. The highest BCUT2D eigenvalue weighted by molar-refractivity contribution is 6.07. The van der Waals surface area contributed by atoms with Gasteiger partial charge in [-0.1, -0.05) is 23.8 Å². The monoisotopic (exact) mass is 370 g/mol. The van der Waals surface area contributed by atoms with E-state index in [0.717, 1.165) is 37.0 Å². The van der Waals surface area contributed by atoms with E-state index in [4.69, 9.17) is 4.74 Å². The summed E-state index contributed by atoms with van der Waals surface area (Å²) in [5.41, 5.74) is 1.70. The van der Waals surface area contributed by atoms with Gasteiger partial charge in [0, 0.05) is 13.1 Å². The molecular weight excluding hydrogens is 340 g/mol. The third kappa shape index (κ3) is 5.12. The summed E-state index contributed by atoms with van der Waals surface area (Å²) >= 11 is 0. The number of nitrogens with one attached hydrogen (secondary N) is 2. The van der Waals surface area contributed by atoms with Gasteiger partial charge in [0.1, 0.15) is 11.2 Å². The molecule has 0 spiro atoms. The van der Waals surface area contributed by atoms with Crippen LogP contribution in [0.4, 0.5) is 0 Å². The van der Waals surface area contributed by atoms with Crippen LogP contribution < -0.4 is 15.4 Å². The van der Waals surface area contributed by atoms with Crippen molar-refractivity contribution in [1.29, 1.82) is 0 Å². The van der Waals surface area contributed by atoms with Crippen molar-refractivity contribution >= 4 is 11.8 Å². The first-order valence-corrected chi connectivity index (χ1v) is 10.0. The highest BCUT2D eigenvalue weighted by Gasteiger charge is 2.56. The maximum absolute atomic E-state index is 12.5. The Bertz CT molecular complexity index is 707. The first-order chi connectivity index (χ1) is 13.1. The summed E-state index contributed by atoms with van der Waals surface area (Å²) in [6, 6.07) is 7.81. The van der Waals surface area contributed by atoms with Crippen molar-refractivity contribution in [2.24, 2.45) is 5.41 Å². The van der Waals surface area contributed by atoms with E-state index in [9.17, 15) is 9.59 Å². The lowest BCUT2D eigenvalue weighted by molar-refractivity contribution is -0.137. The van der Waals surface area contributed by atoms with Crippen LogP contribution in [-0.4, -0.2) is 32.0 Å². The number of benzene rings is 1. The molecule has 5 nitrogen and oxygen atoms in total. The van der Waals surface area contributed by atoms with Gasteiger partial charge in [-0.2, -0.15) is 0 Å². The second kappa shape index (κ2) is 9.07. The number of hydrogen-bond donors (Lipinski definition) is 2. The highest BCUT2D eigenvalue weighted by Crippen LogP contribution is 2.46. The molecule has 0 heterocycles. The van der Waals surface area contributed by atoms with E-state index in [-0.39, 0.29) is 11.8 Å². The van der Waals surface area contributed by atoms with Crippen molar-refractivity contribution in [2.75, 3.05) is 20.2 Å². The number of methoxy groups -OCH3 is 1. The molecule has 0 atom stereocenters. The molecule has 0 bridgehead atoms. The molecule has 0 aromatic heterocycles. The maximum atomic E-state index is 12.5. The van der Waals surface area contributed by atoms with E-state index in [1.807, 2.05) is 24.3 Å². The first-order valence-electron chi connectivity index (χ1n) is 10.0. The fraction of sp³-hybridized carbons (Fsp3) is 0.545. The van der Waals surface area contributed by atoms with Crippen LogP contribution in [0.3, 0.4) is 0 Å². The van der Waals surface area contributed by atoms with Gasteiger partial charge < -0.3 is 15.4 Å². The second-order valence-corrected chi connectivity index (χ2v) is 7.55. The fourth-order valence-electron chi connectivity index (χ4n) is 3.64. The van der Waals surface area contributed by atoms with Gasteiger partial charge >= 0.3 is 0 Å². The zero-order valence-electron chi connectivity index (χ0n) is 16.2. The Morgan fingerprint density at radius 2 is 1.81 bits per heavy atom. The van der Waals surface area contributed by atoms with Crippen molar-refractivity contribution in [1.82, 2.24) is 10.6 Å². The zero-order valence-corrected chi connectivity index (χ0v) is 16.2. The lowest BCUT2D eigenvalue weighted by Gasteiger charge is -2.17. The van der Waals surface area contributed by atoms with E-state index in [2.05, 4.69) is 16.7 Å². The Morgan fingerprint density at radius 3 is 2.44 bits per heavy atom. The van der Waals surface area contributed by atoms with Crippen molar-refractivity contribution in [2.45, 2.75) is 51.4 Å². The van der Waals surface area contributed by atoms with Crippen LogP contribution in [-0.2, 0) is 16.0 Å². The van der Waals surface area contributed by atoms with Crippen molar-refractivity contribution in [3.8, 4) is 5.75 Å². The number of hydrogen-bond acceptors (Lipinski definition) is 3. The quantitative estimate of drug-likeness (QED) is 0.518. The molecule has 1 fully saturated rings. The van der Waals surface area contributed by atoms with Gasteiger partial charge in [-0.25, -0.2) is 0 Å². The smallest absolute Gasteiger partial charge is 0.235 e. The first kappa shape index (κ1) is 19.5. The number of carbonyl (C=O) groups is 2. The van der Waals surface area contributed by atoms with Gasteiger partial charge in [-0.3, -0.25) is 9.59 Å². The summed E-state index contributed by atoms with van der Waals surface area (Å²) in [4.78, 5) is 25.1. The molecule has 5 heteroatoms. The largest absolute Gasteiger partial charge is 0.497 e. The van der Waals surface area contributed by atoms with E-state index >= 15 is 0 Å². The summed E-state index contributed by atoms with van der Waals surface area (Å²) in [7, 11) is 1.64. The van der Waals surface area contributed by atoms with E-state index < -0.39 is 5.41 Å². The Kier molecular flexibility index (Phi) is 6.54. The Morgan fingerprint density at radius 1 is 1.07 bits per heavy atom. The summed E-state index contributed by atoms with van der Waals surface area (Å²) in [6.07, 6.45) is 10.0. The third-order valence-corrected chi connectivity index (χ3v) is 5.57. The number of rotatable bonds is 9. The van der Waals surface area contributed by atoms with Crippen LogP contribution >= 0.6 is 0 Å². The van der Waals surface area contributed by atoms with E-state index in [0.29, 0.717) is 25.9 Å². The van der Waals surface area contributed by atoms with Gasteiger partial charge in [-0.05, 0) is 69.1 Å². The normalized spacial score (nSPS) is 17.6. The standard InChI is InChI=1S/C22H30N2O3/c1-27-19-9-5-8-18(16-19)11-15-24-21(26)22(12-13-22)20(25)23-14-10-17-6-3-2-4-7-17/h5-6,8-9,16H,2-4,7,10-15H2,1H3,(H,23,25)(H,24,26). The predicted molar refractivity (Wildman–Crippen MR) is 106 cm³/mol. The van der Waals surface area contributed by atoms with E-state index in [1.165, 1.54) is 18.4 Å². The molecule has 2 N–H and O–H groups in total. The molecule has 2 aliphatic carbocycles. The van der Waals surface area contributed by atoms with Crippen molar-refractivity contribution in [3.05, 3.63) is 41.5 Å². The number of ether oxygens (including phenoxy) is 1. The number of carbonyl (C=O) groups excluding carboxylic acids is 2. The molecule has 2 aliphatic rings. The van der Waals surface area contributed by atoms with Crippen LogP contribution in [0.15, 0.2) is 35.9 Å². The van der Waals surface area contributed by atoms with E-state index in [1.54, 1.807) is 7.11 Å². The lowest BCUT2D eigenvalue weighted by atomic mass is 9.97. The summed E-state index contributed by atoms with van der Waals surface area (Å²) in [6.45, 7) is 1.15. The molecule has 1 aromatic rings. The van der Waals surface area contributed by atoms with Crippen LogP contribution in [0, 0.1) is 5.41 Å². The lowest BCUT2D eigenvalue weighted by Crippen LogP contribution is -2.43. The summed E-state index contributed by atoms with van der Waals surface area (Å²) in [5.74, 6) is 0.558. The van der Waals surface area contributed by atoms with Gasteiger partial charge in [0.15, 0.2) is 0 Å². The molecule has 3 rings (SSSR count). The number of amides is 2. The molecule has 0 radical (unpaired) electrons. The molecule has 146 valence electrons. The van der Waals surface area contributed by atoms with Crippen molar-refractivity contribution in [3.63, 3.8) is 0 Å². The van der Waals surface area contributed by atoms with Gasteiger partial charge in [0.25, 0.3) is 0 Å². The molecule has 0 aliphatic heterocycles. The summed E-state index contributed by atoms with van der Waals surface area (Å²) in [5, 5.41) is 5.92. The molecular formula is C22H30N2O3. The van der Waals surface area contributed by atoms with Crippen LogP contribution in [0.1, 0.15) is 50.5 Å². The molecule has 27 heavy (non-hydrogen) atoms. The zero-order chi connectivity index (χ0) is 19.1. The topological polar surface area (TPSA) is 67.4 Å². The second-order valence-electron chi connectivity index (χ2n) is 7.55. The Balaban J connectivity index is 1.41.